The summed E-state index contributed by atoms with van der Waals surface area (Å²) in [6.07, 6.45) is 6.42. The lowest BCUT2D eigenvalue weighted by atomic mass is 9.89. The van der Waals surface area contributed by atoms with Gasteiger partial charge in [-0.2, -0.15) is 0 Å². The maximum absolute atomic E-state index is 13.2. The zero-order valence-electron chi connectivity index (χ0n) is 15.8. The molecule has 0 aromatic carbocycles. The average Bonchev–Trinajstić information content (AvgIpc) is 3.03. The third kappa shape index (κ3) is 2.77. The van der Waals surface area contributed by atoms with Crippen LogP contribution < -0.4 is 11.1 Å². The first-order chi connectivity index (χ1) is 13.5. The quantitative estimate of drug-likeness (QED) is 0.526. The van der Waals surface area contributed by atoms with Crippen molar-refractivity contribution in [1.29, 1.82) is 0 Å². The van der Waals surface area contributed by atoms with E-state index in [1.54, 1.807) is 28.4 Å². The van der Waals surface area contributed by atoms with Gasteiger partial charge in [-0.3, -0.25) is 18.6 Å². The number of rotatable bonds is 2. The standard InChI is InChI=1S/C21H20N4O2S/c1-12-3-5-15-16(7-12)28-20-19(15)21(27)24(11-22-20)10-14-8-18(26)25-9-13(2)4-6-17(25)23-14/h4,6,8-9,11-12H,3,5,7,10H2,1-2H3. The molecule has 4 aromatic rings. The van der Waals surface area contributed by atoms with Gasteiger partial charge in [0.25, 0.3) is 11.1 Å². The van der Waals surface area contributed by atoms with Crippen LogP contribution in [0.1, 0.15) is 35.0 Å². The molecular weight excluding hydrogens is 372 g/mol. The molecule has 0 spiro atoms. The lowest BCUT2D eigenvalue weighted by Crippen LogP contribution is -2.24. The Bertz CT molecular complexity index is 1350. The summed E-state index contributed by atoms with van der Waals surface area (Å²) in [7, 11) is 0. The summed E-state index contributed by atoms with van der Waals surface area (Å²) in [5.74, 6) is 0.654. The normalized spacial score (nSPS) is 16.6. The van der Waals surface area contributed by atoms with E-state index in [0.29, 0.717) is 17.3 Å². The fourth-order valence-corrected chi connectivity index (χ4v) is 5.33. The molecule has 0 saturated carbocycles. The Morgan fingerprint density at radius 2 is 2.14 bits per heavy atom. The molecule has 1 aliphatic carbocycles. The van der Waals surface area contributed by atoms with E-state index in [1.165, 1.54) is 20.9 Å². The summed E-state index contributed by atoms with van der Waals surface area (Å²) in [5, 5.41) is 0.752. The molecule has 0 N–H and O–H groups in total. The van der Waals surface area contributed by atoms with Crippen LogP contribution in [0.25, 0.3) is 15.9 Å². The first-order valence-electron chi connectivity index (χ1n) is 9.48. The summed E-state index contributed by atoms with van der Waals surface area (Å²) in [6.45, 7) is 4.43. The van der Waals surface area contributed by atoms with Crippen LogP contribution in [0.15, 0.2) is 40.3 Å². The minimum atomic E-state index is -0.146. The Morgan fingerprint density at radius 3 is 3.00 bits per heavy atom. The summed E-state index contributed by atoms with van der Waals surface area (Å²) >= 11 is 1.64. The minimum Gasteiger partial charge on any atom is -0.293 e. The number of fused-ring (bicyclic) bond motifs is 4. The molecule has 1 aliphatic rings. The molecule has 0 amide bonds. The Balaban J connectivity index is 1.60. The van der Waals surface area contributed by atoms with Crippen molar-refractivity contribution in [3.8, 4) is 0 Å². The number of pyridine rings is 1. The molecule has 1 atom stereocenters. The van der Waals surface area contributed by atoms with E-state index in [9.17, 15) is 9.59 Å². The topological polar surface area (TPSA) is 69.3 Å². The number of aromatic nitrogens is 4. The molecule has 0 saturated heterocycles. The maximum atomic E-state index is 13.2. The molecule has 28 heavy (non-hydrogen) atoms. The molecule has 6 nitrogen and oxygen atoms in total. The van der Waals surface area contributed by atoms with E-state index in [-0.39, 0.29) is 17.7 Å². The molecule has 4 heterocycles. The van der Waals surface area contributed by atoms with Crippen LogP contribution in [0.3, 0.4) is 0 Å². The molecule has 0 bridgehead atoms. The van der Waals surface area contributed by atoms with Crippen LogP contribution in [0.4, 0.5) is 0 Å². The number of thiophene rings is 1. The van der Waals surface area contributed by atoms with Crippen molar-refractivity contribution in [3.63, 3.8) is 0 Å². The Kier molecular flexibility index (Phi) is 3.94. The third-order valence-corrected chi connectivity index (χ3v) is 6.64. The predicted molar refractivity (Wildman–Crippen MR) is 110 cm³/mol. The van der Waals surface area contributed by atoms with Crippen LogP contribution in [0.2, 0.25) is 0 Å². The second-order valence-corrected chi connectivity index (χ2v) is 8.81. The molecule has 1 unspecified atom stereocenters. The number of nitrogens with zero attached hydrogens (tertiary/aromatic N) is 4. The van der Waals surface area contributed by atoms with Crippen LogP contribution in [0.5, 0.6) is 0 Å². The van der Waals surface area contributed by atoms with Gasteiger partial charge in [0.2, 0.25) is 0 Å². The van der Waals surface area contributed by atoms with Crippen molar-refractivity contribution >= 4 is 27.2 Å². The maximum Gasteiger partial charge on any atom is 0.262 e. The fraction of sp³-hybridized carbons (Fsp3) is 0.333. The average molecular weight is 392 g/mol. The van der Waals surface area contributed by atoms with Gasteiger partial charge in [0.05, 0.1) is 24.0 Å². The molecule has 142 valence electrons. The van der Waals surface area contributed by atoms with Gasteiger partial charge in [0.1, 0.15) is 10.5 Å². The summed E-state index contributed by atoms with van der Waals surface area (Å²) in [4.78, 5) is 36.8. The predicted octanol–water partition coefficient (Wildman–Crippen LogP) is 2.95. The zero-order chi connectivity index (χ0) is 19.4. The van der Waals surface area contributed by atoms with Crippen molar-refractivity contribution < 1.29 is 0 Å². The molecule has 0 fully saturated rings. The van der Waals surface area contributed by atoms with Crippen molar-refractivity contribution in [1.82, 2.24) is 18.9 Å². The van der Waals surface area contributed by atoms with Gasteiger partial charge in [-0.25, -0.2) is 9.97 Å². The first-order valence-corrected chi connectivity index (χ1v) is 10.3. The highest BCUT2D eigenvalue weighted by molar-refractivity contribution is 7.18. The van der Waals surface area contributed by atoms with Gasteiger partial charge in [0.15, 0.2) is 0 Å². The van der Waals surface area contributed by atoms with E-state index >= 15 is 0 Å². The summed E-state index contributed by atoms with van der Waals surface area (Å²) < 4.78 is 3.10. The van der Waals surface area contributed by atoms with E-state index in [1.807, 2.05) is 19.1 Å². The number of hydrogen-bond donors (Lipinski definition) is 0. The van der Waals surface area contributed by atoms with Gasteiger partial charge >= 0.3 is 0 Å². The van der Waals surface area contributed by atoms with Crippen molar-refractivity contribution in [2.75, 3.05) is 0 Å². The van der Waals surface area contributed by atoms with Crippen molar-refractivity contribution in [2.45, 2.75) is 39.7 Å². The second kappa shape index (κ2) is 6.38. The highest BCUT2D eigenvalue weighted by Gasteiger charge is 2.23. The SMILES string of the molecule is Cc1ccc2nc(Cn3cnc4sc5c(c4c3=O)CCC(C)C5)cc(=O)n2c1. The summed E-state index contributed by atoms with van der Waals surface area (Å²) in [6, 6.07) is 5.23. The second-order valence-electron chi connectivity index (χ2n) is 7.73. The van der Waals surface area contributed by atoms with Crippen LogP contribution in [0, 0.1) is 12.8 Å². The van der Waals surface area contributed by atoms with Crippen molar-refractivity contribution in [3.05, 3.63) is 73.1 Å². The number of aryl methyl sites for hydroxylation is 2. The molecule has 7 heteroatoms. The lowest BCUT2D eigenvalue weighted by molar-refractivity contribution is 0.509. The van der Waals surface area contributed by atoms with Gasteiger partial charge in [-0.15, -0.1) is 11.3 Å². The highest BCUT2D eigenvalue weighted by atomic mass is 32.1. The molecule has 5 rings (SSSR count). The Hall–Kier alpha value is -2.80. The lowest BCUT2D eigenvalue weighted by Gasteiger charge is -2.17. The third-order valence-electron chi connectivity index (χ3n) is 5.48. The Morgan fingerprint density at radius 1 is 1.29 bits per heavy atom. The largest absolute Gasteiger partial charge is 0.293 e. The van der Waals surface area contributed by atoms with Crippen LogP contribution >= 0.6 is 11.3 Å². The van der Waals surface area contributed by atoms with E-state index < -0.39 is 0 Å². The zero-order valence-corrected chi connectivity index (χ0v) is 16.6. The summed E-state index contributed by atoms with van der Waals surface area (Å²) in [5.41, 5.74) is 3.13. The van der Waals surface area contributed by atoms with E-state index in [0.717, 1.165) is 35.0 Å². The monoisotopic (exact) mass is 392 g/mol. The Labute approximate surface area is 165 Å². The fourth-order valence-electron chi connectivity index (χ4n) is 3.99. The van der Waals surface area contributed by atoms with E-state index in [2.05, 4.69) is 16.9 Å². The highest BCUT2D eigenvalue weighted by Crippen LogP contribution is 2.35. The van der Waals surface area contributed by atoms with Gasteiger partial charge < -0.3 is 0 Å². The van der Waals surface area contributed by atoms with Gasteiger partial charge in [-0.1, -0.05) is 13.0 Å². The molecular formula is C21H20N4O2S. The number of hydrogen-bond acceptors (Lipinski definition) is 5. The minimum absolute atomic E-state index is 0.0389. The first kappa shape index (κ1) is 17.3. The van der Waals surface area contributed by atoms with Crippen LogP contribution in [-0.4, -0.2) is 18.9 Å². The molecule has 0 radical (unpaired) electrons. The van der Waals surface area contributed by atoms with Gasteiger partial charge in [-0.05, 0) is 49.3 Å². The molecule has 0 aliphatic heterocycles. The smallest absolute Gasteiger partial charge is 0.262 e. The van der Waals surface area contributed by atoms with Crippen LogP contribution in [-0.2, 0) is 19.4 Å². The van der Waals surface area contributed by atoms with Gasteiger partial charge in [0, 0.05) is 17.1 Å². The molecule has 4 aromatic heterocycles. The van der Waals surface area contributed by atoms with Crippen molar-refractivity contribution in [2.24, 2.45) is 5.92 Å². The van der Waals surface area contributed by atoms with E-state index in [4.69, 9.17) is 0 Å².